The van der Waals surface area contributed by atoms with Gasteiger partial charge in [-0.2, -0.15) is 0 Å². The Bertz CT molecular complexity index is 418. The molecule has 1 aliphatic heterocycles. The third-order valence-electron chi connectivity index (χ3n) is 2.51. The molecule has 3 nitrogen and oxygen atoms in total. The van der Waals surface area contributed by atoms with E-state index in [0.29, 0.717) is 13.2 Å². The zero-order valence-corrected chi connectivity index (χ0v) is 10.6. The quantitative estimate of drug-likeness (QED) is 0.896. The van der Waals surface area contributed by atoms with Crippen molar-refractivity contribution in [1.82, 2.24) is 0 Å². The van der Waals surface area contributed by atoms with E-state index in [2.05, 4.69) is 5.32 Å². The molecule has 1 heterocycles. The average molecular weight is 254 g/mol. The molecule has 4 heteroatoms. The zero-order chi connectivity index (χ0) is 12.1. The minimum Gasteiger partial charge on any atom is -0.490 e. The zero-order valence-electron chi connectivity index (χ0n) is 9.83. The van der Waals surface area contributed by atoms with Gasteiger partial charge in [-0.3, -0.25) is 0 Å². The van der Waals surface area contributed by atoms with E-state index in [9.17, 15) is 0 Å². The van der Waals surface area contributed by atoms with Crippen molar-refractivity contribution >= 4 is 17.3 Å². The molecule has 0 amide bonds. The summed E-state index contributed by atoms with van der Waals surface area (Å²) in [6.07, 6.45) is 0.922. The van der Waals surface area contributed by atoms with Crippen molar-refractivity contribution in [1.29, 1.82) is 0 Å². The van der Waals surface area contributed by atoms with Crippen LogP contribution in [-0.2, 0) is 0 Å². The Morgan fingerprint density at radius 1 is 1.35 bits per heavy atom. The molecule has 0 saturated heterocycles. The van der Waals surface area contributed by atoms with Gasteiger partial charge in [0.1, 0.15) is 0 Å². The predicted molar refractivity (Wildman–Crippen MR) is 70.1 cm³/mol. The summed E-state index contributed by atoms with van der Waals surface area (Å²) in [5.74, 6) is 1.62. The van der Waals surface area contributed by atoms with Crippen LogP contribution < -0.4 is 14.8 Å². The van der Waals surface area contributed by atoms with Gasteiger partial charge in [0.05, 0.1) is 13.2 Å². The normalized spacial score (nSPS) is 15.3. The van der Waals surface area contributed by atoms with Crippen LogP contribution in [0.3, 0.4) is 0 Å². The van der Waals surface area contributed by atoms with Crippen molar-refractivity contribution in [3.8, 4) is 11.5 Å². The largest absolute Gasteiger partial charge is 0.490 e. The average Bonchev–Trinajstić information content (AvgIpc) is 2.60. The van der Waals surface area contributed by atoms with E-state index in [0.717, 1.165) is 35.7 Å². The van der Waals surface area contributed by atoms with Crippen LogP contribution in [0.25, 0.3) is 0 Å². The van der Waals surface area contributed by atoms with Gasteiger partial charge in [-0.15, -0.1) is 0 Å². The molecule has 0 radical (unpaired) electrons. The molecule has 0 bridgehead atoms. The first-order valence-electron chi connectivity index (χ1n) is 5.69. The van der Waals surface area contributed by atoms with Gasteiger partial charge in [0.15, 0.2) is 11.5 Å². The number of hydrogen-bond acceptors (Lipinski definition) is 3. The fraction of sp³-hybridized carbons (Fsp3) is 0.385. The van der Waals surface area contributed by atoms with E-state index in [1.807, 2.05) is 25.1 Å². The smallest absolute Gasteiger partial charge is 0.163 e. The number of fused-ring (bicyclic) bond motifs is 1. The van der Waals surface area contributed by atoms with Gasteiger partial charge in [0, 0.05) is 30.3 Å². The number of benzene rings is 1. The van der Waals surface area contributed by atoms with Crippen molar-refractivity contribution in [2.75, 3.05) is 25.1 Å². The SMILES string of the molecule is C/C(=C/Cl)CNc1ccc2c(c1)OCCCO2. The third-order valence-corrected chi connectivity index (χ3v) is 2.88. The van der Waals surface area contributed by atoms with Crippen LogP contribution in [0.4, 0.5) is 5.69 Å². The van der Waals surface area contributed by atoms with Crippen molar-refractivity contribution in [3.63, 3.8) is 0 Å². The highest BCUT2D eigenvalue weighted by molar-refractivity contribution is 6.25. The second kappa shape index (κ2) is 5.82. The molecule has 2 rings (SSSR count). The summed E-state index contributed by atoms with van der Waals surface area (Å²) in [7, 11) is 0. The van der Waals surface area contributed by atoms with E-state index < -0.39 is 0 Å². The van der Waals surface area contributed by atoms with E-state index in [-0.39, 0.29) is 0 Å². The van der Waals surface area contributed by atoms with Gasteiger partial charge in [-0.25, -0.2) is 0 Å². The number of ether oxygens (including phenoxy) is 2. The highest BCUT2D eigenvalue weighted by Gasteiger charge is 2.10. The molecule has 0 atom stereocenters. The molecule has 1 aromatic carbocycles. The first-order valence-corrected chi connectivity index (χ1v) is 6.12. The van der Waals surface area contributed by atoms with E-state index >= 15 is 0 Å². The van der Waals surface area contributed by atoms with Gasteiger partial charge in [-0.05, 0) is 24.6 Å². The number of anilines is 1. The maximum Gasteiger partial charge on any atom is 0.163 e. The van der Waals surface area contributed by atoms with Gasteiger partial charge < -0.3 is 14.8 Å². The molecule has 17 heavy (non-hydrogen) atoms. The summed E-state index contributed by atoms with van der Waals surface area (Å²) < 4.78 is 11.2. The molecular formula is C13H16ClNO2. The third kappa shape index (κ3) is 3.30. The first kappa shape index (κ1) is 12.1. The van der Waals surface area contributed by atoms with E-state index in [4.69, 9.17) is 21.1 Å². The summed E-state index contributed by atoms with van der Waals surface area (Å²) in [5, 5.41) is 3.28. The molecule has 1 aliphatic rings. The van der Waals surface area contributed by atoms with Crippen LogP contribution >= 0.6 is 11.6 Å². The monoisotopic (exact) mass is 253 g/mol. The fourth-order valence-corrected chi connectivity index (χ4v) is 1.63. The van der Waals surface area contributed by atoms with Crippen molar-refractivity contribution < 1.29 is 9.47 Å². The molecule has 1 aromatic rings. The lowest BCUT2D eigenvalue weighted by molar-refractivity contribution is 0.297. The van der Waals surface area contributed by atoms with Crippen LogP contribution in [0.2, 0.25) is 0 Å². The maximum atomic E-state index is 5.62. The standard InChI is InChI=1S/C13H16ClNO2/c1-10(8-14)9-15-11-3-4-12-13(7-11)17-6-2-5-16-12/h3-4,7-8,15H,2,5-6,9H2,1H3/b10-8-. The van der Waals surface area contributed by atoms with Gasteiger partial charge in [-0.1, -0.05) is 11.6 Å². The Kier molecular flexibility index (Phi) is 4.15. The first-order chi connectivity index (χ1) is 8.29. The lowest BCUT2D eigenvalue weighted by atomic mass is 10.2. The lowest BCUT2D eigenvalue weighted by Crippen LogP contribution is -2.02. The number of hydrogen-bond donors (Lipinski definition) is 1. The fourth-order valence-electron chi connectivity index (χ4n) is 1.55. The molecule has 0 fully saturated rings. The topological polar surface area (TPSA) is 30.5 Å². The second-order valence-electron chi connectivity index (χ2n) is 4.02. The lowest BCUT2D eigenvalue weighted by Gasteiger charge is -2.11. The molecule has 92 valence electrons. The summed E-state index contributed by atoms with van der Waals surface area (Å²) in [5.41, 5.74) is 3.67. The highest BCUT2D eigenvalue weighted by atomic mass is 35.5. The summed E-state index contributed by atoms with van der Waals surface area (Å²) in [4.78, 5) is 0. The summed E-state index contributed by atoms with van der Waals surface area (Å²) in [6, 6.07) is 5.87. The molecule has 0 aliphatic carbocycles. The minimum atomic E-state index is 0.705. The van der Waals surface area contributed by atoms with Crippen LogP contribution in [0.1, 0.15) is 13.3 Å². The Morgan fingerprint density at radius 2 is 2.12 bits per heavy atom. The summed E-state index contributed by atoms with van der Waals surface area (Å²) in [6.45, 7) is 4.12. The Balaban J connectivity index is 2.07. The highest BCUT2D eigenvalue weighted by Crippen LogP contribution is 2.32. The van der Waals surface area contributed by atoms with Crippen molar-refractivity contribution in [3.05, 3.63) is 29.3 Å². The van der Waals surface area contributed by atoms with Crippen molar-refractivity contribution in [2.24, 2.45) is 0 Å². The maximum absolute atomic E-state index is 5.62. The van der Waals surface area contributed by atoms with Crippen molar-refractivity contribution in [2.45, 2.75) is 13.3 Å². The Morgan fingerprint density at radius 3 is 2.88 bits per heavy atom. The van der Waals surface area contributed by atoms with E-state index in [1.165, 1.54) is 0 Å². The predicted octanol–water partition coefficient (Wildman–Crippen LogP) is 3.40. The van der Waals surface area contributed by atoms with E-state index in [1.54, 1.807) is 5.54 Å². The Hall–Kier alpha value is -1.35. The van der Waals surface area contributed by atoms with Gasteiger partial charge in [0.2, 0.25) is 0 Å². The molecular weight excluding hydrogens is 238 g/mol. The number of halogens is 1. The minimum absolute atomic E-state index is 0.705. The molecule has 0 spiro atoms. The van der Waals surface area contributed by atoms with Gasteiger partial charge >= 0.3 is 0 Å². The van der Waals surface area contributed by atoms with Crippen LogP contribution in [-0.4, -0.2) is 19.8 Å². The molecule has 0 aromatic heterocycles. The van der Waals surface area contributed by atoms with Gasteiger partial charge in [0.25, 0.3) is 0 Å². The molecule has 0 saturated carbocycles. The molecule has 1 N–H and O–H groups in total. The van der Waals surface area contributed by atoms with Crippen LogP contribution in [0.15, 0.2) is 29.3 Å². The molecule has 0 unspecified atom stereocenters. The summed E-state index contributed by atoms with van der Waals surface area (Å²) >= 11 is 5.61. The number of nitrogens with one attached hydrogen (secondary N) is 1. The van der Waals surface area contributed by atoms with Crippen LogP contribution in [0, 0.1) is 0 Å². The Labute approximate surface area is 106 Å². The second-order valence-corrected chi connectivity index (χ2v) is 4.24. The van der Waals surface area contributed by atoms with Crippen LogP contribution in [0.5, 0.6) is 11.5 Å². The number of rotatable bonds is 3.